The molecule has 0 saturated heterocycles. The molecule has 140 valence electrons. The van der Waals surface area contributed by atoms with Gasteiger partial charge in [0.15, 0.2) is 15.8 Å². The van der Waals surface area contributed by atoms with Crippen molar-refractivity contribution in [2.45, 2.75) is 25.3 Å². The van der Waals surface area contributed by atoms with Crippen molar-refractivity contribution in [3.63, 3.8) is 0 Å². The third-order valence-corrected chi connectivity index (χ3v) is 5.67. The first-order valence-corrected chi connectivity index (χ1v) is 10.4. The molecule has 6 heteroatoms. The number of guanidine groups is 1. The molecule has 0 unspecified atom stereocenters. The molecule has 2 aromatic rings. The van der Waals surface area contributed by atoms with E-state index in [2.05, 4.69) is 41.5 Å². The smallest absolute Gasteiger partial charge is 0.193 e. The van der Waals surface area contributed by atoms with E-state index in [-0.39, 0.29) is 12.3 Å². The number of hydrogen-bond donors (Lipinski definition) is 1. The van der Waals surface area contributed by atoms with Gasteiger partial charge in [-0.05, 0) is 31.5 Å². The minimum absolute atomic E-state index is 0.00964. The first-order valence-electron chi connectivity index (χ1n) is 8.75. The predicted octanol–water partition coefficient (Wildman–Crippen LogP) is 2.87. The number of sulfone groups is 1. The van der Waals surface area contributed by atoms with Gasteiger partial charge in [-0.25, -0.2) is 8.42 Å². The van der Waals surface area contributed by atoms with E-state index in [4.69, 9.17) is 0 Å². The van der Waals surface area contributed by atoms with Crippen molar-refractivity contribution in [2.75, 3.05) is 25.9 Å². The Bertz CT molecular complexity index is 816. The Hall–Kier alpha value is -2.34. The van der Waals surface area contributed by atoms with E-state index >= 15 is 0 Å². The molecule has 2 aromatic carbocycles. The summed E-state index contributed by atoms with van der Waals surface area (Å²) >= 11 is 0. The number of hydrogen-bond acceptors (Lipinski definition) is 3. The first kappa shape index (κ1) is 20.0. The van der Waals surface area contributed by atoms with Crippen molar-refractivity contribution in [1.29, 1.82) is 0 Å². The van der Waals surface area contributed by atoms with E-state index in [1.165, 1.54) is 11.1 Å². The van der Waals surface area contributed by atoms with Crippen LogP contribution in [-0.4, -0.2) is 45.2 Å². The number of nitrogens with zero attached hydrogens (tertiary/aromatic N) is 2. The SMILES string of the molecule is CCNC(=NCCS(=O)(=O)c1ccccc1)N(C)Cc1ccc(C)cc1. The monoisotopic (exact) mass is 373 g/mol. The normalized spacial score (nSPS) is 12.0. The highest BCUT2D eigenvalue weighted by atomic mass is 32.2. The van der Waals surface area contributed by atoms with E-state index in [1.54, 1.807) is 30.3 Å². The molecule has 0 aliphatic heterocycles. The maximum absolute atomic E-state index is 12.4. The molecule has 0 bridgehead atoms. The van der Waals surface area contributed by atoms with Crippen molar-refractivity contribution < 1.29 is 8.42 Å². The van der Waals surface area contributed by atoms with Crippen molar-refractivity contribution in [2.24, 2.45) is 4.99 Å². The number of aliphatic imine (C=N–C) groups is 1. The quantitative estimate of drug-likeness (QED) is 0.599. The van der Waals surface area contributed by atoms with Crippen LogP contribution < -0.4 is 5.32 Å². The van der Waals surface area contributed by atoms with Gasteiger partial charge in [-0.3, -0.25) is 4.99 Å². The summed E-state index contributed by atoms with van der Waals surface area (Å²) < 4.78 is 24.7. The van der Waals surface area contributed by atoms with Crippen LogP contribution in [0.2, 0.25) is 0 Å². The number of benzene rings is 2. The molecule has 0 amide bonds. The molecule has 26 heavy (non-hydrogen) atoms. The Balaban J connectivity index is 2.02. The molecule has 1 N–H and O–H groups in total. The molecule has 0 aliphatic rings. The highest BCUT2D eigenvalue weighted by Crippen LogP contribution is 2.10. The van der Waals surface area contributed by atoms with Crippen LogP contribution in [0.1, 0.15) is 18.1 Å². The zero-order valence-electron chi connectivity index (χ0n) is 15.6. The van der Waals surface area contributed by atoms with Crippen LogP contribution in [0.3, 0.4) is 0 Å². The molecule has 0 radical (unpaired) electrons. The van der Waals surface area contributed by atoms with Crippen LogP contribution in [0.15, 0.2) is 64.5 Å². The van der Waals surface area contributed by atoms with Gasteiger partial charge in [-0.2, -0.15) is 0 Å². The Labute approximate surface area is 156 Å². The van der Waals surface area contributed by atoms with Gasteiger partial charge in [0.2, 0.25) is 0 Å². The summed E-state index contributed by atoms with van der Waals surface area (Å²) in [6.07, 6.45) is 0. The second-order valence-corrected chi connectivity index (χ2v) is 8.32. The van der Waals surface area contributed by atoms with Gasteiger partial charge >= 0.3 is 0 Å². The zero-order chi connectivity index (χ0) is 19.0. The lowest BCUT2D eigenvalue weighted by Gasteiger charge is -2.22. The Morgan fingerprint density at radius 3 is 2.35 bits per heavy atom. The molecule has 5 nitrogen and oxygen atoms in total. The van der Waals surface area contributed by atoms with Crippen LogP contribution in [0, 0.1) is 6.92 Å². The van der Waals surface area contributed by atoms with Crippen LogP contribution in [0.25, 0.3) is 0 Å². The number of nitrogens with one attached hydrogen (secondary N) is 1. The van der Waals surface area contributed by atoms with E-state index in [0.29, 0.717) is 17.4 Å². The number of rotatable bonds is 7. The van der Waals surface area contributed by atoms with E-state index in [0.717, 1.165) is 6.54 Å². The van der Waals surface area contributed by atoms with Crippen LogP contribution in [0.5, 0.6) is 0 Å². The largest absolute Gasteiger partial charge is 0.357 e. The fourth-order valence-electron chi connectivity index (χ4n) is 2.53. The Morgan fingerprint density at radius 2 is 1.73 bits per heavy atom. The molecule has 0 aliphatic carbocycles. The van der Waals surface area contributed by atoms with Crippen LogP contribution >= 0.6 is 0 Å². The second kappa shape index (κ2) is 9.38. The lowest BCUT2D eigenvalue weighted by molar-refractivity contribution is 0.477. The second-order valence-electron chi connectivity index (χ2n) is 6.21. The molecule has 0 saturated carbocycles. The topological polar surface area (TPSA) is 61.8 Å². The summed E-state index contributed by atoms with van der Waals surface area (Å²) in [7, 11) is -1.36. The molecular weight excluding hydrogens is 346 g/mol. The lowest BCUT2D eigenvalue weighted by Crippen LogP contribution is -2.38. The summed E-state index contributed by atoms with van der Waals surface area (Å²) in [4.78, 5) is 6.83. The maximum Gasteiger partial charge on any atom is 0.193 e. The number of aryl methyl sites for hydroxylation is 1. The predicted molar refractivity (Wildman–Crippen MR) is 107 cm³/mol. The summed E-state index contributed by atoms with van der Waals surface area (Å²) in [5.74, 6) is 0.695. The summed E-state index contributed by atoms with van der Waals surface area (Å²) in [6, 6.07) is 16.9. The van der Waals surface area contributed by atoms with Crippen molar-refractivity contribution in [3.05, 3.63) is 65.7 Å². The van der Waals surface area contributed by atoms with Crippen molar-refractivity contribution in [3.8, 4) is 0 Å². The van der Waals surface area contributed by atoms with E-state index < -0.39 is 9.84 Å². The molecule has 2 rings (SSSR count). The Kier molecular flexibility index (Phi) is 7.21. The van der Waals surface area contributed by atoms with E-state index in [9.17, 15) is 8.42 Å². The van der Waals surface area contributed by atoms with Gasteiger partial charge in [0.1, 0.15) is 0 Å². The standard InChI is InChI=1S/C20H27N3O2S/c1-4-21-20(23(3)16-18-12-10-17(2)11-13-18)22-14-15-26(24,25)19-8-6-5-7-9-19/h5-13H,4,14-16H2,1-3H3,(H,21,22). The molecule has 0 aromatic heterocycles. The van der Waals surface area contributed by atoms with Gasteiger partial charge in [0, 0.05) is 20.1 Å². The molecule has 0 heterocycles. The van der Waals surface area contributed by atoms with Crippen LogP contribution in [-0.2, 0) is 16.4 Å². The van der Waals surface area contributed by atoms with Gasteiger partial charge in [-0.15, -0.1) is 0 Å². The third kappa shape index (κ3) is 5.88. The fraction of sp³-hybridized carbons (Fsp3) is 0.350. The molecule has 0 atom stereocenters. The molecule has 0 spiro atoms. The van der Waals surface area contributed by atoms with Gasteiger partial charge in [0.25, 0.3) is 0 Å². The molecule has 0 fully saturated rings. The minimum Gasteiger partial charge on any atom is -0.357 e. The molecular formula is C20H27N3O2S. The lowest BCUT2D eigenvalue weighted by atomic mass is 10.1. The van der Waals surface area contributed by atoms with Gasteiger partial charge in [0.05, 0.1) is 17.2 Å². The third-order valence-electron chi connectivity index (χ3n) is 3.96. The van der Waals surface area contributed by atoms with Crippen molar-refractivity contribution >= 4 is 15.8 Å². The summed E-state index contributed by atoms with van der Waals surface area (Å²) in [5, 5.41) is 3.22. The first-order chi connectivity index (χ1) is 12.4. The van der Waals surface area contributed by atoms with E-state index in [1.807, 2.05) is 18.9 Å². The highest BCUT2D eigenvalue weighted by molar-refractivity contribution is 7.91. The highest BCUT2D eigenvalue weighted by Gasteiger charge is 2.14. The summed E-state index contributed by atoms with van der Waals surface area (Å²) in [6.45, 7) is 5.71. The summed E-state index contributed by atoms with van der Waals surface area (Å²) in [5.41, 5.74) is 2.41. The van der Waals surface area contributed by atoms with Crippen LogP contribution in [0.4, 0.5) is 0 Å². The zero-order valence-corrected chi connectivity index (χ0v) is 16.5. The maximum atomic E-state index is 12.4. The Morgan fingerprint density at radius 1 is 1.08 bits per heavy atom. The van der Waals surface area contributed by atoms with Gasteiger partial charge < -0.3 is 10.2 Å². The minimum atomic E-state index is -3.31. The fourth-order valence-corrected chi connectivity index (χ4v) is 3.67. The van der Waals surface area contributed by atoms with Gasteiger partial charge in [-0.1, -0.05) is 48.0 Å². The van der Waals surface area contributed by atoms with Crippen molar-refractivity contribution in [1.82, 2.24) is 10.2 Å². The average molecular weight is 374 g/mol. The average Bonchev–Trinajstić information content (AvgIpc) is 2.63.